The van der Waals surface area contributed by atoms with Gasteiger partial charge in [-0.2, -0.15) is 0 Å². The molecule has 1 nitrogen and oxygen atoms in total. The highest BCUT2D eigenvalue weighted by atomic mass is 15.2. The molecule has 0 heterocycles. The molecule has 0 aliphatic heterocycles. The van der Waals surface area contributed by atoms with Gasteiger partial charge in [-0.1, -0.05) is 85.0 Å². The molecule has 0 atom stereocenters. The lowest BCUT2D eigenvalue weighted by molar-refractivity contribution is 0.103. The normalized spacial score (nSPS) is 12.3. The summed E-state index contributed by atoms with van der Waals surface area (Å²) in [7, 11) is 0. The Morgan fingerprint density at radius 1 is 0.545 bits per heavy atom. The summed E-state index contributed by atoms with van der Waals surface area (Å²) >= 11 is 0. The summed E-state index contributed by atoms with van der Waals surface area (Å²) in [6.07, 6.45) is 18.0. The second-order valence-electron chi connectivity index (χ2n) is 7.73. The minimum Gasteiger partial charge on any atom is -0.298 e. The van der Waals surface area contributed by atoms with Crippen LogP contribution in [0.3, 0.4) is 0 Å². The molecule has 0 aliphatic carbocycles. The van der Waals surface area contributed by atoms with Gasteiger partial charge in [0.25, 0.3) is 0 Å². The predicted octanol–water partition coefficient (Wildman–Crippen LogP) is 7.20. The molecule has 0 aromatic carbocycles. The van der Waals surface area contributed by atoms with Gasteiger partial charge in [0.05, 0.1) is 0 Å². The fraction of sp³-hybridized carbons (Fsp3) is 1.00. The fourth-order valence-electron chi connectivity index (χ4n) is 3.32. The monoisotopic (exact) mass is 311 g/mol. The zero-order valence-corrected chi connectivity index (χ0v) is 16.6. The van der Waals surface area contributed by atoms with Gasteiger partial charge in [-0.05, 0) is 46.2 Å². The first-order valence-electron chi connectivity index (χ1n) is 10.3. The molecule has 0 fully saturated rings. The average molecular weight is 312 g/mol. The van der Waals surface area contributed by atoms with Gasteiger partial charge >= 0.3 is 0 Å². The van der Waals surface area contributed by atoms with E-state index in [-0.39, 0.29) is 0 Å². The molecule has 0 aliphatic rings. The summed E-state index contributed by atoms with van der Waals surface area (Å²) in [4.78, 5) is 2.81. The molecule has 0 spiro atoms. The van der Waals surface area contributed by atoms with Gasteiger partial charge in [0.2, 0.25) is 0 Å². The van der Waals surface area contributed by atoms with E-state index >= 15 is 0 Å². The van der Waals surface area contributed by atoms with E-state index in [9.17, 15) is 0 Å². The van der Waals surface area contributed by atoms with Crippen molar-refractivity contribution in [1.82, 2.24) is 4.90 Å². The highest BCUT2D eigenvalue weighted by molar-refractivity contribution is 4.81. The van der Waals surface area contributed by atoms with Crippen molar-refractivity contribution in [3.05, 3.63) is 0 Å². The van der Waals surface area contributed by atoms with Crippen LogP contribution in [-0.2, 0) is 0 Å². The molecule has 0 unspecified atom stereocenters. The van der Waals surface area contributed by atoms with Crippen LogP contribution in [0, 0.1) is 0 Å². The highest BCUT2D eigenvalue weighted by Gasteiger charge is 2.25. The number of nitrogens with zero attached hydrogens (tertiary/aromatic N) is 1. The molecule has 0 aromatic heterocycles. The van der Waals surface area contributed by atoms with E-state index in [1.165, 1.54) is 96.6 Å². The van der Waals surface area contributed by atoms with Gasteiger partial charge < -0.3 is 0 Å². The van der Waals surface area contributed by atoms with Crippen LogP contribution in [0.15, 0.2) is 0 Å². The van der Waals surface area contributed by atoms with E-state index in [1.54, 1.807) is 0 Å². The van der Waals surface area contributed by atoms with Crippen LogP contribution >= 0.6 is 0 Å². The molecule has 0 radical (unpaired) electrons. The summed E-state index contributed by atoms with van der Waals surface area (Å²) in [5.74, 6) is 0. The largest absolute Gasteiger partial charge is 0.298 e. The van der Waals surface area contributed by atoms with Crippen LogP contribution in [0.1, 0.15) is 118 Å². The van der Waals surface area contributed by atoms with Crippen LogP contribution in [0.4, 0.5) is 0 Å². The Morgan fingerprint density at radius 3 is 1.36 bits per heavy atom. The van der Waals surface area contributed by atoms with Gasteiger partial charge in [0.15, 0.2) is 0 Å². The fourth-order valence-corrected chi connectivity index (χ4v) is 3.32. The zero-order valence-electron chi connectivity index (χ0n) is 16.6. The molecule has 0 saturated carbocycles. The van der Waals surface area contributed by atoms with E-state index in [2.05, 4.69) is 39.5 Å². The molecule has 0 N–H and O–H groups in total. The number of hydrogen-bond acceptors (Lipinski definition) is 1. The van der Waals surface area contributed by atoms with Crippen molar-refractivity contribution >= 4 is 0 Å². The van der Waals surface area contributed by atoms with Crippen molar-refractivity contribution in [1.29, 1.82) is 0 Å². The van der Waals surface area contributed by atoms with Gasteiger partial charge in [0, 0.05) is 5.54 Å². The maximum absolute atomic E-state index is 2.81. The first-order chi connectivity index (χ1) is 10.6. The maximum Gasteiger partial charge on any atom is 0.0153 e. The summed E-state index contributed by atoms with van der Waals surface area (Å²) < 4.78 is 0. The maximum atomic E-state index is 2.81. The molecule has 134 valence electrons. The molecular weight excluding hydrogens is 266 g/mol. The third kappa shape index (κ3) is 11.5. The molecule has 0 bridgehead atoms. The minimum atomic E-state index is 0.395. The Balaban J connectivity index is 4.24. The topological polar surface area (TPSA) is 3.24 Å². The van der Waals surface area contributed by atoms with Crippen molar-refractivity contribution in [2.24, 2.45) is 0 Å². The van der Waals surface area contributed by atoms with Gasteiger partial charge in [-0.15, -0.1) is 0 Å². The smallest absolute Gasteiger partial charge is 0.0153 e. The van der Waals surface area contributed by atoms with Crippen LogP contribution in [0.2, 0.25) is 0 Å². The standard InChI is InChI=1S/C21H45N/c1-6-9-12-15-18-21(4,5)22(19-16-13-10-7-2)20-17-14-11-8-3/h6-20H2,1-5H3. The van der Waals surface area contributed by atoms with E-state index < -0.39 is 0 Å². The Kier molecular flexibility index (Phi) is 14.5. The van der Waals surface area contributed by atoms with Crippen LogP contribution in [-0.4, -0.2) is 23.5 Å². The summed E-state index contributed by atoms with van der Waals surface area (Å²) in [6.45, 7) is 14.5. The second kappa shape index (κ2) is 14.5. The lowest BCUT2D eigenvalue weighted by Crippen LogP contribution is -2.45. The van der Waals surface area contributed by atoms with E-state index in [0.717, 1.165) is 0 Å². The van der Waals surface area contributed by atoms with Crippen LogP contribution in [0.25, 0.3) is 0 Å². The van der Waals surface area contributed by atoms with Crippen molar-refractivity contribution in [3.63, 3.8) is 0 Å². The zero-order chi connectivity index (χ0) is 16.7. The lowest BCUT2D eigenvalue weighted by atomic mass is 9.93. The van der Waals surface area contributed by atoms with Crippen molar-refractivity contribution < 1.29 is 0 Å². The predicted molar refractivity (Wildman–Crippen MR) is 103 cm³/mol. The summed E-state index contributed by atoms with van der Waals surface area (Å²) in [6, 6.07) is 0. The molecular formula is C21H45N. The molecule has 0 amide bonds. The molecule has 0 saturated heterocycles. The molecule has 0 aromatic rings. The third-order valence-corrected chi connectivity index (χ3v) is 5.06. The van der Waals surface area contributed by atoms with Gasteiger partial charge in [0.1, 0.15) is 0 Å². The summed E-state index contributed by atoms with van der Waals surface area (Å²) in [5, 5.41) is 0. The van der Waals surface area contributed by atoms with E-state index in [4.69, 9.17) is 0 Å². The van der Waals surface area contributed by atoms with Crippen molar-refractivity contribution in [2.45, 2.75) is 124 Å². The molecule has 22 heavy (non-hydrogen) atoms. The van der Waals surface area contributed by atoms with Gasteiger partial charge in [-0.3, -0.25) is 4.90 Å². The lowest BCUT2D eigenvalue weighted by Gasteiger charge is -2.39. The minimum absolute atomic E-state index is 0.395. The Hall–Kier alpha value is -0.0400. The Labute approximate surface area is 142 Å². The Bertz CT molecular complexity index is 210. The molecule has 0 rings (SSSR count). The van der Waals surface area contributed by atoms with Crippen LogP contribution < -0.4 is 0 Å². The van der Waals surface area contributed by atoms with E-state index in [0.29, 0.717) is 5.54 Å². The average Bonchev–Trinajstić information content (AvgIpc) is 2.50. The van der Waals surface area contributed by atoms with Gasteiger partial charge in [-0.25, -0.2) is 0 Å². The number of rotatable bonds is 16. The first-order valence-corrected chi connectivity index (χ1v) is 10.3. The third-order valence-electron chi connectivity index (χ3n) is 5.06. The molecule has 1 heteroatoms. The number of hydrogen-bond donors (Lipinski definition) is 0. The van der Waals surface area contributed by atoms with Crippen LogP contribution in [0.5, 0.6) is 0 Å². The van der Waals surface area contributed by atoms with Crippen molar-refractivity contribution in [2.75, 3.05) is 13.1 Å². The quantitative estimate of drug-likeness (QED) is 0.272. The summed E-state index contributed by atoms with van der Waals surface area (Å²) in [5.41, 5.74) is 0.395. The highest BCUT2D eigenvalue weighted by Crippen LogP contribution is 2.24. The van der Waals surface area contributed by atoms with E-state index in [1.807, 2.05) is 0 Å². The van der Waals surface area contributed by atoms with Crippen molar-refractivity contribution in [3.8, 4) is 0 Å². The SMILES string of the molecule is CCCCCCN(CCCCCC)C(C)(C)CCCCCC. The number of unbranched alkanes of at least 4 members (excludes halogenated alkanes) is 9. The Morgan fingerprint density at radius 2 is 0.955 bits per heavy atom. The first kappa shape index (κ1) is 22.0. The second-order valence-corrected chi connectivity index (χ2v) is 7.73.